The first kappa shape index (κ1) is 14.5. The second-order valence-corrected chi connectivity index (χ2v) is 5.13. The van der Waals surface area contributed by atoms with Crippen molar-refractivity contribution in [3.05, 3.63) is 51.7 Å². The molecule has 0 atom stereocenters. The highest BCUT2D eigenvalue weighted by atomic mass is 35.5. The van der Waals surface area contributed by atoms with Crippen molar-refractivity contribution in [3.63, 3.8) is 0 Å². The minimum absolute atomic E-state index is 0.00845. The Bertz CT molecular complexity index is 625. The summed E-state index contributed by atoms with van der Waals surface area (Å²) in [5.41, 5.74) is 1.48. The molecule has 2 heterocycles. The van der Waals surface area contributed by atoms with Crippen LogP contribution in [0.2, 0.25) is 5.02 Å². The van der Waals surface area contributed by atoms with E-state index in [1.165, 1.54) is 10.2 Å². The minimum Gasteiger partial charge on any atom is -0.382 e. The first-order chi connectivity index (χ1) is 9.59. The van der Waals surface area contributed by atoms with Gasteiger partial charge in [-0.1, -0.05) is 11.6 Å². The molecule has 0 bridgehead atoms. The summed E-state index contributed by atoms with van der Waals surface area (Å²) in [6.07, 6.45) is 5.93. The maximum Gasteiger partial charge on any atom is 0.287 e. The van der Waals surface area contributed by atoms with E-state index in [1.807, 2.05) is 26.0 Å². The zero-order valence-electron chi connectivity index (χ0n) is 11.5. The number of aromatic nitrogens is 3. The summed E-state index contributed by atoms with van der Waals surface area (Å²) < 4.78 is 1.37. The fourth-order valence-electron chi connectivity index (χ4n) is 1.83. The number of halogens is 1. The van der Waals surface area contributed by atoms with Crippen LogP contribution in [-0.2, 0) is 6.42 Å². The maximum absolute atomic E-state index is 12.0. The van der Waals surface area contributed by atoms with E-state index in [1.54, 1.807) is 18.6 Å². The zero-order valence-corrected chi connectivity index (χ0v) is 12.3. The molecule has 1 N–H and O–H groups in total. The Morgan fingerprint density at radius 1 is 1.35 bits per heavy atom. The highest BCUT2D eigenvalue weighted by Crippen LogP contribution is 2.16. The number of nitrogens with one attached hydrogen (secondary N) is 1. The molecule has 2 rings (SSSR count). The molecule has 0 aliphatic rings. The first-order valence-electron chi connectivity index (χ1n) is 6.49. The van der Waals surface area contributed by atoms with Crippen molar-refractivity contribution in [2.75, 3.05) is 11.9 Å². The highest BCUT2D eigenvalue weighted by Gasteiger charge is 2.10. The van der Waals surface area contributed by atoms with Gasteiger partial charge < -0.3 is 5.32 Å². The molecule has 0 saturated carbocycles. The smallest absolute Gasteiger partial charge is 0.287 e. The second-order valence-electron chi connectivity index (χ2n) is 4.75. The van der Waals surface area contributed by atoms with Gasteiger partial charge in [0.05, 0.1) is 17.9 Å². The Hall–Kier alpha value is -1.88. The van der Waals surface area contributed by atoms with Crippen LogP contribution in [0.5, 0.6) is 0 Å². The molecule has 0 unspecified atom stereocenters. The topological polar surface area (TPSA) is 59.8 Å². The molecule has 0 spiro atoms. The van der Waals surface area contributed by atoms with E-state index in [9.17, 15) is 4.79 Å². The lowest BCUT2D eigenvalue weighted by molar-refractivity contribution is 0.503. The van der Waals surface area contributed by atoms with E-state index < -0.39 is 0 Å². The number of rotatable bonds is 5. The fourth-order valence-corrected chi connectivity index (χ4v) is 2.03. The SMILES string of the molecule is CC(C)n1ncc(NCCc2ccncc2)c(Cl)c1=O. The third-order valence-electron chi connectivity index (χ3n) is 2.91. The van der Waals surface area contributed by atoms with Crippen molar-refractivity contribution in [1.82, 2.24) is 14.8 Å². The monoisotopic (exact) mass is 292 g/mol. The van der Waals surface area contributed by atoms with Gasteiger partial charge in [-0.3, -0.25) is 9.78 Å². The van der Waals surface area contributed by atoms with E-state index in [-0.39, 0.29) is 16.6 Å². The van der Waals surface area contributed by atoms with Gasteiger partial charge in [-0.2, -0.15) is 5.10 Å². The van der Waals surface area contributed by atoms with Crippen molar-refractivity contribution in [1.29, 1.82) is 0 Å². The molecule has 0 fully saturated rings. The Balaban J connectivity index is 2.04. The third kappa shape index (κ3) is 3.36. The van der Waals surface area contributed by atoms with Crippen LogP contribution in [0.25, 0.3) is 0 Å². The Morgan fingerprint density at radius 2 is 2.05 bits per heavy atom. The largest absolute Gasteiger partial charge is 0.382 e. The quantitative estimate of drug-likeness (QED) is 0.920. The molecule has 6 heteroatoms. The van der Waals surface area contributed by atoms with Crippen LogP contribution in [0, 0.1) is 0 Å². The normalized spacial score (nSPS) is 10.8. The van der Waals surface area contributed by atoms with E-state index in [4.69, 9.17) is 11.6 Å². The van der Waals surface area contributed by atoms with Gasteiger partial charge in [0, 0.05) is 18.9 Å². The van der Waals surface area contributed by atoms with Gasteiger partial charge >= 0.3 is 0 Å². The summed E-state index contributed by atoms with van der Waals surface area (Å²) >= 11 is 6.08. The average molecular weight is 293 g/mol. The number of hydrogen-bond donors (Lipinski definition) is 1. The molecular formula is C14H17ClN4O. The van der Waals surface area contributed by atoms with Crippen LogP contribution < -0.4 is 10.9 Å². The summed E-state index contributed by atoms with van der Waals surface area (Å²) in [5, 5.41) is 7.44. The Kier molecular flexibility index (Phi) is 4.74. The lowest BCUT2D eigenvalue weighted by atomic mass is 10.2. The van der Waals surface area contributed by atoms with Crippen LogP contribution in [0.4, 0.5) is 5.69 Å². The van der Waals surface area contributed by atoms with Gasteiger partial charge in [0.15, 0.2) is 0 Å². The first-order valence-corrected chi connectivity index (χ1v) is 6.87. The van der Waals surface area contributed by atoms with Gasteiger partial charge in [-0.05, 0) is 38.0 Å². The van der Waals surface area contributed by atoms with Gasteiger partial charge in [0.25, 0.3) is 5.56 Å². The molecule has 0 radical (unpaired) electrons. The molecule has 2 aromatic heterocycles. The summed E-state index contributed by atoms with van der Waals surface area (Å²) in [6.45, 7) is 4.46. The molecular weight excluding hydrogens is 276 g/mol. The lowest BCUT2D eigenvalue weighted by Gasteiger charge is -2.12. The molecule has 0 amide bonds. The van der Waals surface area contributed by atoms with Crippen molar-refractivity contribution < 1.29 is 0 Å². The van der Waals surface area contributed by atoms with Gasteiger partial charge in [-0.15, -0.1) is 0 Å². The molecule has 20 heavy (non-hydrogen) atoms. The maximum atomic E-state index is 12.0. The Morgan fingerprint density at radius 3 is 2.70 bits per heavy atom. The lowest BCUT2D eigenvalue weighted by Crippen LogP contribution is -2.26. The third-order valence-corrected chi connectivity index (χ3v) is 3.28. The predicted octanol–water partition coefficient (Wildman–Crippen LogP) is 2.53. The molecule has 0 aliphatic carbocycles. The predicted molar refractivity (Wildman–Crippen MR) is 80.3 cm³/mol. The van der Waals surface area contributed by atoms with Crippen LogP contribution in [0.3, 0.4) is 0 Å². The summed E-state index contributed by atoms with van der Waals surface area (Å²) in [5.74, 6) is 0. The number of anilines is 1. The van der Waals surface area contributed by atoms with Crippen LogP contribution >= 0.6 is 11.6 Å². The Labute approximate surface area is 122 Å². The van der Waals surface area contributed by atoms with Gasteiger partial charge in [0.1, 0.15) is 5.02 Å². The van der Waals surface area contributed by atoms with Crippen molar-refractivity contribution in [2.45, 2.75) is 26.3 Å². The number of pyridine rings is 1. The van der Waals surface area contributed by atoms with Crippen LogP contribution in [-0.4, -0.2) is 21.3 Å². The van der Waals surface area contributed by atoms with Crippen molar-refractivity contribution in [2.24, 2.45) is 0 Å². The molecule has 0 aromatic carbocycles. The average Bonchev–Trinajstić information content (AvgIpc) is 2.44. The van der Waals surface area contributed by atoms with Gasteiger partial charge in [-0.25, -0.2) is 4.68 Å². The summed E-state index contributed by atoms with van der Waals surface area (Å²) in [4.78, 5) is 16.0. The van der Waals surface area contributed by atoms with Crippen molar-refractivity contribution in [3.8, 4) is 0 Å². The van der Waals surface area contributed by atoms with Crippen LogP contribution in [0.1, 0.15) is 25.5 Å². The van der Waals surface area contributed by atoms with E-state index >= 15 is 0 Å². The standard InChI is InChI=1S/C14H17ClN4O/c1-10(2)19-14(20)13(15)12(9-18-19)17-8-5-11-3-6-16-7-4-11/h3-4,6-7,9-10,17H,5,8H2,1-2H3. The van der Waals surface area contributed by atoms with E-state index in [0.29, 0.717) is 12.2 Å². The molecule has 0 aliphatic heterocycles. The second kappa shape index (κ2) is 6.52. The number of nitrogens with zero attached hydrogens (tertiary/aromatic N) is 3. The molecule has 106 valence electrons. The molecule has 2 aromatic rings. The van der Waals surface area contributed by atoms with Crippen molar-refractivity contribution >= 4 is 17.3 Å². The van der Waals surface area contributed by atoms with Gasteiger partial charge in [0.2, 0.25) is 0 Å². The van der Waals surface area contributed by atoms with Crippen LogP contribution in [0.15, 0.2) is 35.5 Å². The molecule has 5 nitrogen and oxygen atoms in total. The zero-order chi connectivity index (χ0) is 14.5. The summed E-state index contributed by atoms with van der Waals surface area (Å²) in [6, 6.07) is 3.90. The van der Waals surface area contributed by atoms with E-state index in [0.717, 1.165) is 6.42 Å². The van der Waals surface area contributed by atoms with E-state index in [2.05, 4.69) is 15.4 Å². The molecule has 0 saturated heterocycles. The number of hydrogen-bond acceptors (Lipinski definition) is 4. The fraction of sp³-hybridized carbons (Fsp3) is 0.357. The highest BCUT2D eigenvalue weighted by molar-refractivity contribution is 6.32. The minimum atomic E-state index is -0.268. The summed E-state index contributed by atoms with van der Waals surface area (Å²) in [7, 11) is 0.